The van der Waals surface area contributed by atoms with Gasteiger partial charge in [-0.15, -0.1) is 0 Å². The lowest BCUT2D eigenvalue weighted by atomic mass is 10.0. The van der Waals surface area contributed by atoms with Crippen LogP contribution < -0.4 is 5.32 Å². The number of rotatable bonds is 4. The van der Waals surface area contributed by atoms with Crippen molar-refractivity contribution in [3.63, 3.8) is 0 Å². The average Bonchev–Trinajstić information content (AvgIpc) is 3.47. The van der Waals surface area contributed by atoms with E-state index in [1.807, 2.05) is 6.92 Å². The highest BCUT2D eigenvalue weighted by Crippen LogP contribution is 2.48. The van der Waals surface area contributed by atoms with Gasteiger partial charge in [-0.2, -0.15) is 0 Å². The van der Waals surface area contributed by atoms with Crippen molar-refractivity contribution in [3.05, 3.63) is 28.8 Å². The maximum absolute atomic E-state index is 13.0. The molecule has 1 saturated carbocycles. The topological polar surface area (TPSA) is 79.0 Å². The molecule has 0 bridgehead atoms. The fourth-order valence-corrected chi connectivity index (χ4v) is 3.43. The molecule has 2 aliphatic rings. The molecule has 7 nitrogen and oxygen atoms in total. The number of carbonyl (C=O) groups is 3. The van der Waals surface area contributed by atoms with E-state index in [0.717, 1.165) is 5.56 Å². The first kappa shape index (κ1) is 19.5. The molecule has 0 unspecified atom stereocenters. The van der Waals surface area contributed by atoms with Gasteiger partial charge in [-0.1, -0.05) is 17.7 Å². The van der Waals surface area contributed by atoms with Crippen molar-refractivity contribution in [2.24, 2.45) is 5.41 Å². The minimum atomic E-state index is -0.999. The predicted octanol–water partition coefficient (Wildman–Crippen LogP) is 2.67. The summed E-state index contributed by atoms with van der Waals surface area (Å²) in [6.07, 6.45) is 0.713. The molecule has 1 aliphatic carbocycles. The number of amides is 3. The van der Waals surface area contributed by atoms with Gasteiger partial charge < -0.3 is 19.9 Å². The van der Waals surface area contributed by atoms with Crippen LogP contribution in [0.15, 0.2) is 18.2 Å². The molecule has 1 saturated heterocycles. The number of piperazine rings is 1. The molecule has 1 aliphatic heterocycles. The van der Waals surface area contributed by atoms with Crippen molar-refractivity contribution in [3.8, 4) is 0 Å². The van der Waals surface area contributed by atoms with Crippen LogP contribution in [0.25, 0.3) is 0 Å². The van der Waals surface area contributed by atoms with Gasteiger partial charge in [-0.05, 0) is 44.4 Å². The summed E-state index contributed by atoms with van der Waals surface area (Å²) in [5.41, 5.74) is 0.401. The average molecular weight is 394 g/mol. The van der Waals surface area contributed by atoms with Gasteiger partial charge in [-0.25, -0.2) is 4.79 Å². The van der Waals surface area contributed by atoms with Crippen molar-refractivity contribution in [2.75, 3.05) is 38.1 Å². The van der Waals surface area contributed by atoms with E-state index < -0.39 is 5.41 Å². The third kappa shape index (κ3) is 3.88. The molecule has 8 heteroatoms. The van der Waals surface area contributed by atoms with E-state index in [-0.39, 0.29) is 17.9 Å². The molecule has 0 atom stereocenters. The third-order valence-corrected chi connectivity index (χ3v) is 5.61. The van der Waals surface area contributed by atoms with Crippen molar-refractivity contribution >= 4 is 35.2 Å². The second-order valence-corrected chi connectivity index (χ2v) is 7.33. The first-order valence-corrected chi connectivity index (χ1v) is 9.54. The monoisotopic (exact) mass is 393 g/mol. The summed E-state index contributed by atoms with van der Waals surface area (Å²) in [5.74, 6) is -0.450. The van der Waals surface area contributed by atoms with Crippen molar-refractivity contribution < 1.29 is 19.1 Å². The fourth-order valence-electron chi connectivity index (χ4n) is 3.26. The molecule has 1 heterocycles. The number of ether oxygens (including phenoxy) is 1. The van der Waals surface area contributed by atoms with Crippen molar-refractivity contribution in [2.45, 2.75) is 26.7 Å². The highest BCUT2D eigenvalue weighted by molar-refractivity contribution is 6.31. The first-order chi connectivity index (χ1) is 12.9. The molecular weight excluding hydrogens is 370 g/mol. The third-order valence-electron chi connectivity index (χ3n) is 5.20. The molecule has 0 radical (unpaired) electrons. The Hall–Kier alpha value is -2.28. The van der Waals surface area contributed by atoms with E-state index in [4.69, 9.17) is 16.3 Å². The molecule has 27 heavy (non-hydrogen) atoms. The van der Waals surface area contributed by atoms with Crippen LogP contribution in [0.4, 0.5) is 10.5 Å². The number of halogens is 1. The number of anilines is 1. The van der Waals surface area contributed by atoms with Crippen molar-refractivity contribution in [1.82, 2.24) is 9.80 Å². The number of hydrogen-bond donors (Lipinski definition) is 1. The van der Waals surface area contributed by atoms with E-state index in [1.54, 1.807) is 34.9 Å². The van der Waals surface area contributed by atoms with Crippen LogP contribution in [0.2, 0.25) is 5.02 Å². The minimum absolute atomic E-state index is 0.164. The van der Waals surface area contributed by atoms with Gasteiger partial charge in [0.1, 0.15) is 5.41 Å². The maximum atomic E-state index is 13.0. The second-order valence-electron chi connectivity index (χ2n) is 6.93. The molecule has 2 fully saturated rings. The van der Waals surface area contributed by atoms with Crippen LogP contribution in [-0.4, -0.2) is 60.5 Å². The lowest BCUT2D eigenvalue weighted by Gasteiger charge is -2.35. The van der Waals surface area contributed by atoms with Crippen LogP contribution in [0.5, 0.6) is 0 Å². The Kier molecular flexibility index (Phi) is 5.60. The second kappa shape index (κ2) is 7.76. The quantitative estimate of drug-likeness (QED) is 0.797. The van der Waals surface area contributed by atoms with Crippen LogP contribution >= 0.6 is 11.6 Å². The number of nitrogens with zero attached hydrogens (tertiary/aromatic N) is 2. The Morgan fingerprint density at radius 2 is 1.78 bits per heavy atom. The SMILES string of the molecule is CCOC(=O)N1CCN(C(=O)C2(C(=O)Nc3cccc(Cl)c3C)CC2)CC1. The maximum Gasteiger partial charge on any atom is 0.409 e. The summed E-state index contributed by atoms with van der Waals surface area (Å²) in [6.45, 7) is 5.55. The Balaban J connectivity index is 1.62. The molecule has 1 aromatic rings. The number of nitrogens with one attached hydrogen (secondary N) is 1. The minimum Gasteiger partial charge on any atom is -0.450 e. The summed E-state index contributed by atoms with van der Waals surface area (Å²) in [6, 6.07) is 5.30. The zero-order valence-corrected chi connectivity index (χ0v) is 16.3. The Morgan fingerprint density at radius 3 is 2.37 bits per heavy atom. The molecular formula is C19H24ClN3O4. The highest BCUT2D eigenvalue weighted by Gasteiger charge is 2.58. The highest BCUT2D eigenvalue weighted by atomic mass is 35.5. The molecule has 0 spiro atoms. The normalized spacial score (nSPS) is 18.0. The van der Waals surface area contributed by atoms with Gasteiger partial charge >= 0.3 is 6.09 Å². The van der Waals surface area contributed by atoms with Gasteiger partial charge in [0.25, 0.3) is 0 Å². The Morgan fingerprint density at radius 1 is 1.15 bits per heavy atom. The van der Waals surface area contributed by atoms with Gasteiger partial charge in [0.2, 0.25) is 11.8 Å². The van der Waals surface area contributed by atoms with Crippen LogP contribution in [0.1, 0.15) is 25.3 Å². The predicted molar refractivity (Wildman–Crippen MR) is 102 cm³/mol. The zero-order valence-electron chi connectivity index (χ0n) is 15.6. The summed E-state index contributed by atoms with van der Waals surface area (Å²) >= 11 is 6.10. The Labute approximate surface area is 163 Å². The smallest absolute Gasteiger partial charge is 0.409 e. The van der Waals surface area contributed by atoms with Gasteiger partial charge in [-0.3, -0.25) is 9.59 Å². The molecule has 1 aromatic carbocycles. The van der Waals surface area contributed by atoms with Crippen LogP contribution in [0, 0.1) is 12.3 Å². The number of hydrogen-bond acceptors (Lipinski definition) is 4. The largest absolute Gasteiger partial charge is 0.450 e. The summed E-state index contributed by atoms with van der Waals surface area (Å²) in [4.78, 5) is 40.8. The van der Waals surface area contributed by atoms with E-state index >= 15 is 0 Å². The molecule has 1 N–H and O–H groups in total. The summed E-state index contributed by atoms with van der Waals surface area (Å²) in [5, 5.41) is 3.43. The van der Waals surface area contributed by atoms with E-state index in [2.05, 4.69) is 5.32 Å². The zero-order chi connectivity index (χ0) is 19.6. The molecule has 146 valence electrons. The van der Waals surface area contributed by atoms with E-state index in [0.29, 0.717) is 56.3 Å². The molecule has 0 aromatic heterocycles. The van der Waals surface area contributed by atoms with E-state index in [1.165, 1.54) is 0 Å². The van der Waals surface area contributed by atoms with Gasteiger partial charge in [0.05, 0.1) is 6.61 Å². The summed E-state index contributed by atoms with van der Waals surface area (Å²) in [7, 11) is 0. The van der Waals surface area contributed by atoms with Gasteiger partial charge in [0.15, 0.2) is 0 Å². The number of benzene rings is 1. The molecule has 3 amide bonds. The van der Waals surface area contributed by atoms with Crippen LogP contribution in [0.3, 0.4) is 0 Å². The van der Waals surface area contributed by atoms with Crippen LogP contribution in [-0.2, 0) is 14.3 Å². The summed E-state index contributed by atoms with van der Waals surface area (Å²) < 4.78 is 4.99. The van der Waals surface area contributed by atoms with Crippen molar-refractivity contribution in [1.29, 1.82) is 0 Å². The van der Waals surface area contributed by atoms with E-state index in [9.17, 15) is 14.4 Å². The lowest BCUT2D eigenvalue weighted by Crippen LogP contribution is -2.53. The Bertz CT molecular complexity index is 755. The first-order valence-electron chi connectivity index (χ1n) is 9.16. The standard InChI is InChI=1S/C19H24ClN3O4/c1-3-27-18(26)23-11-9-22(10-12-23)17(25)19(7-8-19)16(24)21-15-6-4-5-14(20)13(15)2/h4-6H,3,7-12H2,1-2H3,(H,21,24). The lowest BCUT2D eigenvalue weighted by molar-refractivity contribution is -0.143. The number of carbonyl (C=O) groups excluding carboxylic acids is 3. The van der Waals surface area contributed by atoms with Gasteiger partial charge in [0, 0.05) is 36.9 Å². The molecule has 3 rings (SSSR count). The fraction of sp³-hybridized carbons (Fsp3) is 0.526.